The molecule has 2 aromatic carbocycles. The van der Waals surface area contributed by atoms with Crippen molar-refractivity contribution >= 4 is 35.1 Å². The third-order valence-electron chi connectivity index (χ3n) is 3.91. The maximum atomic E-state index is 13.2. The first-order chi connectivity index (χ1) is 12.8. The van der Waals surface area contributed by atoms with Gasteiger partial charge in [-0.15, -0.1) is 0 Å². The smallest absolute Gasteiger partial charge is 0.330 e. The number of rotatable bonds is 4. The molecular formula is C18H12F3N3O2S. The van der Waals surface area contributed by atoms with Crippen LogP contribution in [-0.2, 0) is 6.18 Å². The van der Waals surface area contributed by atoms with Crippen molar-refractivity contribution in [2.45, 2.75) is 13.1 Å². The Morgan fingerprint density at radius 3 is 2.44 bits per heavy atom. The standard InChI is InChI=1S/C18H12F3N3O2S/c1-2-27-23-11-4-6-13-14(7-11)17(26)24(16(13)25)12-5-3-10(9-22)15(8-12)18(19,20)21/h3-8,23H,2H2,1H3. The summed E-state index contributed by atoms with van der Waals surface area (Å²) in [5, 5.41) is 8.88. The Hall–Kier alpha value is -2.99. The van der Waals surface area contributed by atoms with Gasteiger partial charge < -0.3 is 4.72 Å². The second-order valence-corrected chi connectivity index (χ2v) is 6.65. The van der Waals surface area contributed by atoms with E-state index in [4.69, 9.17) is 5.26 Å². The molecule has 0 radical (unpaired) electrons. The number of anilines is 2. The molecule has 0 atom stereocenters. The van der Waals surface area contributed by atoms with Crippen LogP contribution in [0.5, 0.6) is 0 Å². The van der Waals surface area contributed by atoms with E-state index in [1.54, 1.807) is 6.07 Å². The molecule has 2 aromatic rings. The Bertz CT molecular complexity index is 983. The summed E-state index contributed by atoms with van der Waals surface area (Å²) in [5.41, 5.74) is -1.17. The van der Waals surface area contributed by atoms with E-state index in [-0.39, 0.29) is 16.8 Å². The molecule has 27 heavy (non-hydrogen) atoms. The molecule has 1 N–H and O–H groups in total. The van der Waals surface area contributed by atoms with E-state index in [1.165, 1.54) is 30.1 Å². The molecule has 0 spiro atoms. The molecule has 0 aromatic heterocycles. The number of amides is 2. The zero-order chi connectivity index (χ0) is 19.8. The van der Waals surface area contributed by atoms with Crippen LogP contribution in [0.25, 0.3) is 0 Å². The highest BCUT2D eigenvalue weighted by atomic mass is 32.2. The van der Waals surface area contributed by atoms with Crippen molar-refractivity contribution < 1.29 is 22.8 Å². The molecule has 1 aliphatic rings. The fourth-order valence-electron chi connectivity index (χ4n) is 2.70. The highest BCUT2D eigenvalue weighted by molar-refractivity contribution is 8.00. The zero-order valence-corrected chi connectivity index (χ0v) is 14.7. The maximum absolute atomic E-state index is 13.2. The Morgan fingerprint density at radius 1 is 1.11 bits per heavy atom. The van der Waals surface area contributed by atoms with Crippen molar-refractivity contribution in [3.8, 4) is 6.07 Å². The molecule has 138 valence electrons. The third kappa shape index (κ3) is 3.36. The summed E-state index contributed by atoms with van der Waals surface area (Å²) in [7, 11) is 0. The number of alkyl halides is 3. The van der Waals surface area contributed by atoms with Gasteiger partial charge in [0.2, 0.25) is 0 Å². The summed E-state index contributed by atoms with van der Waals surface area (Å²) in [5.74, 6) is -0.637. The van der Waals surface area contributed by atoms with Gasteiger partial charge in [-0.3, -0.25) is 9.59 Å². The molecule has 0 bridgehead atoms. The SMILES string of the molecule is CCSNc1ccc2c(c1)C(=O)N(c1ccc(C#N)c(C(F)(F)F)c1)C2=O. The molecular weight excluding hydrogens is 379 g/mol. The molecule has 0 fully saturated rings. The topological polar surface area (TPSA) is 73.2 Å². The lowest BCUT2D eigenvalue weighted by atomic mass is 10.1. The first kappa shape index (κ1) is 18.8. The predicted octanol–water partition coefficient (Wildman–Crippen LogP) is 4.46. The summed E-state index contributed by atoms with van der Waals surface area (Å²) >= 11 is 1.40. The number of nitrogens with zero attached hydrogens (tertiary/aromatic N) is 2. The fraction of sp³-hybridized carbons (Fsp3) is 0.167. The summed E-state index contributed by atoms with van der Waals surface area (Å²) < 4.78 is 42.6. The molecule has 9 heteroatoms. The summed E-state index contributed by atoms with van der Waals surface area (Å²) in [6, 6.07) is 8.79. The molecule has 5 nitrogen and oxygen atoms in total. The molecule has 0 unspecified atom stereocenters. The lowest BCUT2D eigenvalue weighted by Crippen LogP contribution is -2.29. The lowest BCUT2D eigenvalue weighted by molar-refractivity contribution is -0.137. The minimum atomic E-state index is -4.78. The molecule has 3 rings (SSSR count). The van der Waals surface area contributed by atoms with Gasteiger partial charge in [0.05, 0.1) is 34.0 Å². The van der Waals surface area contributed by atoms with E-state index in [0.717, 1.165) is 17.9 Å². The molecule has 0 aliphatic carbocycles. The Morgan fingerprint density at radius 2 is 1.81 bits per heavy atom. The van der Waals surface area contributed by atoms with Gasteiger partial charge in [0.15, 0.2) is 0 Å². The predicted molar refractivity (Wildman–Crippen MR) is 95.5 cm³/mol. The van der Waals surface area contributed by atoms with Crippen LogP contribution in [0.2, 0.25) is 0 Å². The highest BCUT2D eigenvalue weighted by Crippen LogP contribution is 2.37. The van der Waals surface area contributed by atoms with Gasteiger partial charge in [0.1, 0.15) is 0 Å². The van der Waals surface area contributed by atoms with E-state index in [0.29, 0.717) is 16.7 Å². The number of benzene rings is 2. The molecule has 0 saturated heterocycles. The molecule has 1 heterocycles. The second kappa shape index (κ2) is 6.96. The van der Waals surface area contributed by atoms with Gasteiger partial charge in [-0.2, -0.15) is 18.4 Å². The van der Waals surface area contributed by atoms with Gasteiger partial charge >= 0.3 is 6.18 Å². The van der Waals surface area contributed by atoms with Gasteiger partial charge in [0, 0.05) is 11.4 Å². The fourth-order valence-corrected chi connectivity index (χ4v) is 3.14. The van der Waals surface area contributed by atoms with E-state index in [2.05, 4.69) is 4.72 Å². The van der Waals surface area contributed by atoms with Gasteiger partial charge in [-0.1, -0.05) is 18.9 Å². The average Bonchev–Trinajstić information content (AvgIpc) is 2.89. The second-order valence-electron chi connectivity index (χ2n) is 5.58. The van der Waals surface area contributed by atoms with Crippen LogP contribution < -0.4 is 9.62 Å². The van der Waals surface area contributed by atoms with Crippen LogP contribution in [0.3, 0.4) is 0 Å². The van der Waals surface area contributed by atoms with Crippen LogP contribution in [0.1, 0.15) is 38.8 Å². The number of fused-ring (bicyclic) bond motifs is 1. The van der Waals surface area contributed by atoms with Crippen molar-refractivity contribution in [3.63, 3.8) is 0 Å². The van der Waals surface area contributed by atoms with E-state index < -0.39 is 29.1 Å². The van der Waals surface area contributed by atoms with Crippen molar-refractivity contribution in [3.05, 3.63) is 58.7 Å². The molecule has 0 saturated carbocycles. The maximum Gasteiger partial charge on any atom is 0.417 e. The van der Waals surface area contributed by atoms with Crippen LogP contribution in [0.15, 0.2) is 36.4 Å². The number of carbonyl (C=O) groups is 2. The number of imide groups is 1. The minimum absolute atomic E-state index is 0.111. The average molecular weight is 391 g/mol. The van der Waals surface area contributed by atoms with E-state index in [1.807, 2.05) is 6.92 Å². The van der Waals surface area contributed by atoms with Crippen LogP contribution in [0.4, 0.5) is 24.5 Å². The number of nitriles is 1. The van der Waals surface area contributed by atoms with Crippen molar-refractivity contribution in [2.24, 2.45) is 0 Å². The van der Waals surface area contributed by atoms with Gasteiger partial charge in [-0.25, -0.2) is 4.90 Å². The van der Waals surface area contributed by atoms with E-state index >= 15 is 0 Å². The van der Waals surface area contributed by atoms with Crippen LogP contribution in [-0.4, -0.2) is 17.6 Å². The molecule has 1 aliphatic heterocycles. The first-order valence-electron chi connectivity index (χ1n) is 7.80. The zero-order valence-electron chi connectivity index (χ0n) is 13.9. The monoisotopic (exact) mass is 391 g/mol. The van der Waals surface area contributed by atoms with Gasteiger partial charge in [-0.05, 0) is 36.4 Å². The Kier molecular flexibility index (Phi) is 4.85. The summed E-state index contributed by atoms with van der Waals surface area (Å²) in [6.45, 7) is 1.94. The summed E-state index contributed by atoms with van der Waals surface area (Å²) in [6.07, 6.45) is -4.78. The van der Waals surface area contributed by atoms with Crippen LogP contribution >= 0.6 is 11.9 Å². The number of carbonyl (C=O) groups excluding carboxylic acids is 2. The normalized spacial score (nSPS) is 13.5. The highest BCUT2D eigenvalue weighted by Gasteiger charge is 2.39. The first-order valence-corrected chi connectivity index (χ1v) is 8.78. The van der Waals surface area contributed by atoms with Gasteiger partial charge in [0.25, 0.3) is 11.8 Å². The largest absolute Gasteiger partial charge is 0.417 e. The summed E-state index contributed by atoms with van der Waals surface area (Å²) in [4.78, 5) is 25.9. The minimum Gasteiger partial charge on any atom is -0.330 e. The Labute approximate surface area is 156 Å². The van der Waals surface area contributed by atoms with Crippen LogP contribution in [0, 0.1) is 11.3 Å². The lowest BCUT2D eigenvalue weighted by Gasteiger charge is -2.17. The number of halogens is 3. The Balaban J connectivity index is 2.03. The van der Waals surface area contributed by atoms with E-state index in [9.17, 15) is 22.8 Å². The number of nitrogens with one attached hydrogen (secondary N) is 1. The van der Waals surface area contributed by atoms with Crippen molar-refractivity contribution in [1.82, 2.24) is 0 Å². The third-order valence-corrected chi connectivity index (χ3v) is 4.58. The molecule has 2 amide bonds. The quantitative estimate of drug-likeness (QED) is 0.615. The number of hydrogen-bond donors (Lipinski definition) is 1. The van der Waals surface area contributed by atoms with Crippen molar-refractivity contribution in [2.75, 3.05) is 15.4 Å². The number of hydrogen-bond acceptors (Lipinski definition) is 5. The van der Waals surface area contributed by atoms with Crippen molar-refractivity contribution in [1.29, 1.82) is 5.26 Å².